The van der Waals surface area contributed by atoms with Crippen molar-refractivity contribution in [3.63, 3.8) is 0 Å². The molecule has 0 bridgehead atoms. The standard InChI is InChI=1S/C12H11FO4/c1-2-17-11(14)7-6-8-9(12(15)16)4-3-5-10(8)13/h3-7H,2H2,1H3,(H,15,16). The van der Waals surface area contributed by atoms with E-state index in [1.54, 1.807) is 6.92 Å². The number of rotatable bonds is 4. The van der Waals surface area contributed by atoms with Gasteiger partial charge in [-0.25, -0.2) is 14.0 Å². The topological polar surface area (TPSA) is 63.6 Å². The molecule has 0 fully saturated rings. The van der Waals surface area contributed by atoms with Crippen LogP contribution in [0.15, 0.2) is 24.3 Å². The molecule has 0 atom stereocenters. The van der Waals surface area contributed by atoms with Gasteiger partial charge in [-0.2, -0.15) is 0 Å². The summed E-state index contributed by atoms with van der Waals surface area (Å²) >= 11 is 0. The van der Waals surface area contributed by atoms with E-state index >= 15 is 0 Å². The smallest absolute Gasteiger partial charge is 0.336 e. The summed E-state index contributed by atoms with van der Waals surface area (Å²) in [5.41, 5.74) is -0.349. The summed E-state index contributed by atoms with van der Waals surface area (Å²) in [6.07, 6.45) is 2.09. The lowest BCUT2D eigenvalue weighted by atomic mass is 10.1. The maximum Gasteiger partial charge on any atom is 0.336 e. The average Bonchev–Trinajstić information content (AvgIpc) is 2.27. The van der Waals surface area contributed by atoms with Crippen molar-refractivity contribution >= 4 is 18.0 Å². The summed E-state index contributed by atoms with van der Waals surface area (Å²) in [6.45, 7) is 1.84. The maximum atomic E-state index is 13.4. The molecule has 1 aromatic rings. The van der Waals surface area contributed by atoms with Crippen molar-refractivity contribution in [3.8, 4) is 0 Å². The van der Waals surface area contributed by atoms with E-state index in [-0.39, 0.29) is 17.7 Å². The highest BCUT2D eigenvalue weighted by Crippen LogP contribution is 2.15. The first-order valence-corrected chi connectivity index (χ1v) is 4.93. The molecule has 17 heavy (non-hydrogen) atoms. The van der Waals surface area contributed by atoms with Crippen LogP contribution in [0.5, 0.6) is 0 Å². The molecule has 5 heteroatoms. The lowest BCUT2D eigenvalue weighted by molar-refractivity contribution is -0.137. The Morgan fingerprint density at radius 1 is 1.47 bits per heavy atom. The van der Waals surface area contributed by atoms with E-state index in [4.69, 9.17) is 5.11 Å². The third-order valence-corrected chi connectivity index (χ3v) is 1.96. The van der Waals surface area contributed by atoms with Crippen molar-refractivity contribution in [3.05, 3.63) is 41.2 Å². The van der Waals surface area contributed by atoms with Gasteiger partial charge >= 0.3 is 11.9 Å². The molecule has 0 spiro atoms. The van der Waals surface area contributed by atoms with Gasteiger partial charge in [-0.3, -0.25) is 0 Å². The number of carboxylic acid groups (broad SMARTS) is 1. The van der Waals surface area contributed by atoms with Crippen molar-refractivity contribution in [1.82, 2.24) is 0 Å². The van der Waals surface area contributed by atoms with Gasteiger partial charge in [0.05, 0.1) is 12.2 Å². The molecule has 0 radical (unpaired) electrons. The number of aromatic carboxylic acids is 1. The fourth-order valence-corrected chi connectivity index (χ4v) is 1.23. The normalized spacial score (nSPS) is 10.5. The van der Waals surface area contributed by atoms with Crippen LogP contribution in [0.25, 0.3) is 6.08 Å². The minimum atomic E-state index is -1.26. The van der Waals surface area contributed by atoms with E-state index in [9.17, 15) is 14.0 Å². The molecule has 0 saturated heterocycles. The molecule has 0 aliphatic rings. The number of ether oxygens (including phenoxy) is 1. The Labute approximate surface area is 97.3 Å². The van der Waals surface area contributed by atoms with Crippen LogP contribution in [0.1, 0.15) is 22.8 Å². The zero-order valence-corrected chi connectivity index (χ0v) is 9.14. The van der Waals surface area contributed by atoms with Crippen molar-refractivity contribution < 1.29 is 23.8 Å². The molecule has 1 aromatic carbocycles. The van der Waals surface area contributed by atoms with Gasteiger partial charge in [-0.15, -0.1) is 0 Å². The van der Waals surface area contributed by atoms with Crippen LogP contribution < -0.4 is 0 Å². The monoisotopic (exact) mass is 238 g/mol. The number of carbonyl (C=O) groups excluding carboxylic acids is 1. The summed E-state index contributed by atoms with van der Waals surface area (Å²) in [6, 6.07) is 3.67. The van der Waals surface area contributed by atoms with Gasteiger partial charge in [-0.1, -0.05) is 6.07 Å². The van der Waals surface area contributed by atoms with Gasteiger partial charge in [0.15, 0.2) is 0 Å². The zero-order valence-electron chi connectivity index (χ0n) is 9.14. The summed E-state index contributed by atoms with van der Waals surface area (Å²) in [5.74, 6) is -2.61. The van der Waals surface area contributed by atoms with E-state index in [0.717, 1.165) is 18.2 Å². The van der Waals surface area contributed by atoms with Crippen molar-refractivity contribution in [2.75, 3.05) is 6.61 Å². The Kier molecular flexibility index (Phi) is 4.39. The van der Waals surface area contributed by atoms with Crippen LogP contribution in [0, 0.1) is 5.82 Å². The summed E-state index contributed by atoms with van der Waals surface area (Å²) < 4.78 is 18.0. The van der Waals surface area contributed by atoms with Gasteiger partial charge in [0.2, 0.25) is 0 Å². The quantitative estimate of drug-likeness (QED) is 0.644. The second kappa shape index (κ2) is 5.79. The van der Waals surface area contributed by atoms with Gasteiger partial charge in [0.25, 0.3) is 0 Å². The first kappa shape index (κ1) is 12.9. The predicted molar refractivity (Wildman–Crippen MR) is 59.0 cm³/mol. The van der Waals surface area contributed by atoms with Crippen LogP contribution in [0.3, 0.4) is 0 Å². The lowest BCUT2D eigenvalue weighted by Gasteiger charge is -2.02. The molecule has 0 aromatic heterocycles. The lowest BCUT2D eigenvalue weighted by Crippen LogP contribution is -2.03. The first-order valence-electron chi connectivity index (χ1n) is 4.93. The number of hydrogen-bond acceptors (Lipinski definition) is 3. The minimum absolute atomic E-state index is 0.145. The fourth-order valence-electron chi connectivity index (χ4n) is 1.23. The fraction of sp³-hybridized carbons (Fsp3) is 0.167. The van der Waals surface area contributed by atoms with Gasteiger partial charge in [0.1, 0.15) is 5.82 Å². The highest BCUT2D eigenvalue weighted by Gasteiger charge is 2.11. The average molecular weight is 238 g/mol. The minimum Gasteiger partial charge on any atom is -0.478 e. The van der Waals surface area contributed by atoms with Crippen molar-refractivity contribution in [1.29, 1.82) is 0 Å². The molecular formula is C12H11FO4. The van der Waals surface area contributed by atoms with E-state index in [1.165, 1.54) is 12.1 Å². The number of halogens is 1. The van der Waals surface area contributed by atoms with Crippen LogP contribution in [-0.4, -0.2) is 23.7 Å². The first-order chi connectivity index (χ1) is 8.06. The number of hydrogen-bond donors (Lipinski definition) is 1. The number of esters is 1. The molecule has 0 unspecified atom stereocenters. The third kappa shape index (κ3) is 3.41. The van der Waals surface area contributed by atoms with Crippen LogP contribution in [0.2, 0.25) is 0 Å². The Bertz CT molecular complexity index is 466. The second-order valence-corrected chi connectivity index (χ2v) is 3.09. The van der Waals surface area contributed by atoms with E-state index < -0.39 is 17.8 Å². The van der Waals surface area contributed by atoms with Gasteiger partial charge in [-0.05, 0) is 25.1 Å². The second-order valence-electron chi connectivity index (χ2n) is 3.09. The highest BCUT2D eigenvalue weighted by atomic mass is 19.1. The number of carboxylic acids is 1. The molecular weight excluding hydrogens is 227 g/mol. The Morgan fingerprint density at radius 2 is 2.18 bits per heavy atom. The van der Waals surface area contributed by atoms with Crippen LogP contribution >= 0.6 is 0 Å². The zero-order chi connectivity index (χ0) is 12.8. The molecule has 0 heterocycles. The van der Waals surface area contributed by atoms with Crippen molar-refractivity contribution in [2.24, 2.45) is 0 Å². The molecule has 1 N–H and O–H groups in total. The van der Waals surface area contributed by atoms with Crippen molar-refractivity contribution in [2.45, 2.75) is 6.92 Å². The third-order valence-electron chi connectivity index (χ3n) is 1.96. The maximum absolute atomic E-state index is 13.4. The molecule has 0 aliphatic carbocycles. The Balaban J connectivity index is 3.05. The molecule has 0 saturated carbocycles. The van der Waals surface area contributed by atoms with E-state index in [0.29, 0.717) is 0 Å². The summed E-state index contributed by atoms with van der Waals surface area (Å²) in [4.78, 5) is 21.9. The number of benzene rings is 1. The Morgan fingerprint density at radius 3 is 2.76 bits per heavy atom. The van der Waals surface area contributed by atoms with E-state index in [1.807, 2.05) is 0 Å². The molecule has 4 nitrogen and oxygen atoms in total. The summed E-state index contributed by atoms with van der Waals surface area (Å²) in [7, 11) is 0. The highest BCUT2D eigenvalue weighted by molar-refractivity contribution is 5.94. The van der Waals surface area contributed by atoms with Crippen LogP contribution in [-0.2, 0) is 9.53 Å². The molecule has 90 valence electrons. The number of carbonyl (C=O) groups is 2. The van der Waals surface area contributed by atoms with Crippen LogP contribution in [0.4, 0.5) is 4.39 Å². The molecule has 0 amide bonds. The van der Waals surface area contributed by atoms with Gasteiger partial charge < -0.3 is 9.84 Å². The predicted octanol–water partition coefficient (Wildman–Crippen LogP) is 2.10. The SMILES string of the molecule is CCOC(=O)C=Cc1c(F)cccc1C(=O)O. The Hall–Kier alpha value is -2.17. The molecule has 0 aliphatic heterocycles. The summed E-state index contributed by atoms with van der Waals surface area (Å²) in [5, 5.41) is 8.84. The largest absolute Gasteiger partial charge is 0.478 e. The molecule has 1 rings (SSSR count). The van der Waals surface area contributed by atoms with Gasteiger partial charge in [0, 0.05) is 11.6 Å². The van der Waals surface area contributed by atoms with E-state index in [2.05, 4.69) is 4.74 Å².